The summed E-state index contributed by atoms with van der Waals surface area (Å²) in [6, 6.07) is 62.4. The van der Waals surface area contributed by atoms with E-state index in [0.29, 0.717) is 5.92 Å². The summed E-state index contributed by atoms with van der Waals surface area (Å²) in [4.78, 5) is 2.38. The van der Waals surface area contributed by atoms with Crippen molar-refractivity contribution in [3.63, 3.8) is 0 Å². The average molecular weight is 614 g/mol. The van der Waals surface area contributed by atoms with E-state index in [1.54, 1.807) is 0 Å². The van der Waals surface area contributed by atoms with Gasteiger partial charge in [0.2, 0.25) is 0 Å². The number of hydrogen-bond acceptors (Lipinski definition) is 1. The molecule has 8 aromatic rings. The lowest BCUT2D eigenvalue weighted by atomic mass is 9.77. The SMILES string of the molecule is CC(C)c1cccc(N(c2ccccc2)c2ccc3cc4c(cc3c2)-c2cc3cc(-c5ccccc5)c(-c5ccccc5)cc3cc2-4)c1. The van der Waals surface area contributed by atoms with Crippen LogP contribution in [0.4, 0.5) is 17.1 Å². The van der Waals surface area contributed by atoms with E-state index < -0.39 is 0 Å². The number of nitrogens with zero attached hydrogens (tertiary/aromatic N) is 1. The molecule has 0 atom stereocenters. The average Bonchev–Trinajstić information content (AvgIpc) is 3.14. The van der Waals surface area contributed by atoms with Crippen molar-refractivity contribution in [2.75, 3.05) is 4.90 Å². The van der Waals surface area contributed by atoms with Gasteiger partial charge in [-0.2, -0.15) is 0 Å². The van der Waals surface area contributed by atoms with Gasteiger partial charge in [0.15, 0.2) is 0 Å². The minimum Gasteiger partial charge on any atom is -0.310 e. The van der Waals surface area contributed by atoms with Gasteiger partial charge in [0.1, 0.15) is 0 Å². The molecule has 0 aliphatic heterocycles. The third-order valence-corrected chi connectivity index (χ3v) is 9.89. The number of benzene rings is 8. The van der Waals surface area contributed by atoms with Crippen LogP contribution in [-0.2, 0) is 0 Å². The molecule has 48 heavy (non-hydrogen) atoms. The van der Waals surface area contributed by atoms with Gasteiger partial charge in [0.25, 0.3) is 0 Å². The number of para-hydroxylation sites is 1. The van der Waals surface area contributed by atoms with E-state index >= 15 is 0 Å². The van der Waals surface area contributed by atoms with Gasteiger partial charge in [-0.3, -0.25) is 0 Å². The van der Waals surface area contributed by atoms with Gasteiger partial charge in [0, 0.05) is 17.1 Å². The van der Waals surface area contributed by atoms with Crippen LogP contribution in [0.1, 0.15) is 25.3 Å². The Bertz CT molecular complexity index is 2460. The van der Waals surface area contributed by atoms with Crippen molar-refractivity contribution in [3.8, 4) is 44.5 Å². The Morgan fingerprint density at radius 1 is 0.333 bits per heavy atom. The lowest BCUT2D eigenvalue weighted by molar-refractivity contribution is 0.866. The molecule has 0 spiro atoms. The van der Waals surface area contributed by atoms with Crippen LogP contribution >= 0.6 is 0 Å². The predicted octanol–water partition coefficient (Wildman–Crippen LogP) is 13.6. The predicted molar refractivity (Wildman–Crippen MR) is 206 cm³/mol. The van der Waals surface area contributed by atoms with E-state index in [2.05, 4.69) is 189 Å². The maximum atomic E-state index is 2.40. The van der Waals surface area contributed by atoms with E-state index in [9.17, 15) is 0 Å². The molecule has 1 heteroatoms. The summed E-state index contributed by atoms with van der Waals surface area (Å²) < 4.78 is 0. The molecule has 228 valence electrons. The van der Waals surface area contributed by atoms with Crippen molar-refractivity contribution in [3.05, 3.63) is 175 Å². The molecule has 0 unspecified atom stereocenters. The highest BCUT2D eigenvalue weighted by Crippen LogP contribution is 2.51. The zero-order valence-corrected chi connectivity index (χ0v) is 27.2. The molecule has 0 amide bonds. The van der Waals surface area contributed by atoms with Gasteiger partial charge in [-0.25, -0.2) is 0 Å². The van der Waals surface area contributed by atoms with Crippen LogP contribution in [0.3, 0.4) is 0 Å². The maximum Gasteiger partial charge on any atom is 0.0468 e. The Balaban J connectivity index is 1.16. The monoisotopic (exact) mass is 613 g/mol. The molecule has 0 saturated carbocycles. The zero-order chi connectivity index (χ0) is 32.2. The van der Waals surface area contributed by atoms with Crippen LogP contribution in [0.5, 0.6) is 0 Å². The molecule has 9 rings (SSSR count). The van der Waals surface area contributed by atoms with Crippen LogP contribution in [0, 0.1) is 0 Å². The Hall–Kier alpha value is -5.92. The molecule has 8 aromatic carbocycles. The first-order chi connectivity index (χ1) is 23.6. The smallest absolute Gasteiger partial charge is 0.0468 e. The molecule has 0 radical (unpaired) electrons. The van der Waals surface area contributed by atoms with Gasteiger partial charge in [-0.15, -0.1) is 0 Å². The molecule has 1 aliphatic rings. The van der Waals surface area contributed by atoms with E-state index in [4.69, 9.17) is 0 Å². The molecule has 0 bridgehead atoms. The maximum absolute atomic E-state index is 2.40. The van der Waals surface area contributed by atoms with Crippen molar-refractivity contribution in [2.24, 2.45) is 0 Å². The Morgan fingerprint density at radius 3 is 1.31 bits per heavy atom. The van der Waals surface area contributed by atoms with Crippen molar-refractivity contribution >= 4 is 38.6 Å². The Labute approximate surface area is 282 Å². The lowest BCUT2D eigenvalue weighted by Crippen LogP contribution is -2.10. The van der Waals surface area contributed by atoms with Gasteiger partial charge < -0.3 is 4.90 Å². The molecule has 0 saturated heterocycles. The normalized spacial score (nSPS) is 11.7. The van der Waals surface area contributed by atoms with E-state index in [1.807, 2.05) is 0 Å². The number of rotatable bonds is 6. The van der Waals surface area contributed by atoms with Crippen LogP contribution in [0.25, 0.3) is 66.1 Å². The van der Waals surface area contributed by atoms with Crippen LogP contribution in [0.2, 0.25) is 0 Å². The fourth-order valence-electron chi connectivity index (χ4n) is 7.36. The highest BCUT2D eigenvalue weighted by molar-refractivity contribution is 6.13. The Kier molecular flexibility index (Phi) is 6.73. The summed E-state index contributed by atoms with van der Waals surface area (Å²) >= 11 is 0. The van der Waals surface area contributed by atoms with Gasteiger partial charge in [-0.05, 0) is 150 Å². The van der Waals surface area contributed by atoms with Gasteiger partial charge in [0.05, 0.1) is 0 Å². The third-order valence-electron chi connectivity index (χ3n) is 9.89. The molecule has 0 heterocycles. The second kappa shape index (κ2) is 11.4. The van der Waals surface area contributed by atoms with E-state index in [-0.39, 0.29) is 0 Å². The van der Waals surface area contributed by atoms with E-state index in [0.717, 1.165) is 11.4 Å². The minimum atomic E-state index is 0.461. The van der Waals surface area contributed by atoms with Gasteiger partial charge in [-0.1, -0.05) is 111 Å². The van der Waals surface area contributed by atoms with Crippen molar-refractivity contribution in [1.82, 2.24) is 0 Å². The number of anilines is 3. The molecular formula is C47H35N. The number of fused-ring (bicyclic) bond motifs is 6. The molecule has 1 aliphatic carbocycles. The standard InChI is InChI=1S/C47H35N/c1-31(2)34-17-12-20-40(23-34)48(39-18-10-5-11-19-39)41-22-21-35-25-44-45(28-36(35)24-41)47-30-38-27-43(33-15-8-4-9-16-33)42(26-37(38)29-46(44)47)32-13-6-3-7-14-32/h3-31H,1-2H3. The first-order valence-electron chi connectivity index (χ1n) is 16.9. The van der Waals surface area contributed by atoms with Crippen molar-refractivity contribution in [2.45, 2.75) is 19.8 Å². The van der Waals surface area contributed by atoms with E-state index in [1.165, 1.54) is 77.3 Å². The number of hydrogen-bond donors (Lipinski definition) is 0. The largest absolute Gasteiger partial charge is 0.310 e. The lowest BCUT2D eigenvalue weighted by Gasteiger charge is -2.28. The summed E-state index contributed by atoms with van der Waals surface area (Å²) in [7, 11) is 0. The van der Waals surface area contributed by atoms with Crippen molar-refractivity contribution in [1.29, 1.82) is 0 Å². The first-order valence-corrected chi connectivity index (χ1v) is 16.9. The topological polar surface area (TPSA) is 3.24 Å². The summed E-state index contributed by atoms with van der Waals surface area (Å²) in [5.41, 5.74) is 15.2. The second-order valence-corrected chi connectivity index (χ2v) is 13.2. The molecular weight excluding hydrogens is 579 g/mol. The fraction of sp³-hybridized carbons (Fsp3) is 0.0638. The second-order valence-electron chi connectivity index (χ2n) is 13.2. The van der Waals surface area contributed by atoms with Crippen LogP contribution in [-0.4, -0.2) is 0 Å². The summed E-state index contributed by atoms with van der Waals surface area (Å²) in [5, 5.41) is 5.06. The quantitative estimate of drug-likeness (QED) is 0.180. The third kappa shape index (κ3) is 4.79. The van der Waals surface area contributed by atoms with Crippen molar-refractivity contribution < 1.29 is 0 Å². The molecule has 1 nitrogen and oxygen atoms in total. The molecule has 0 N–H and O–H groups in total. The molecule has 0 fully saturated rings. The Morgan fingerprint density at radius 2 is 0.771 bits per heavy atom. The van der Waals surface area contributed by atoms with Crippen LogP contribution < -0.4 is 4.90 Å². The highest BCUT2D eigenvalue weighted by Gasteiger charge is 2.25. The highest BCUT2D eigenvalue weighted by atomic mass is 15.1. The van der Waals surface area contributed by atoms with Crippen LogP contribution in [0.15, 0.2) is 170 Å². The zero-order valence-electron chi connectivity index (χ0n) is 27.2. The molecule has 0 aromatic heterocycles. The first kappa shape index (κ1) is 28.3. The van der Waals surface area contributed by atoms with Gasteiger partial charge >= 0.3 is 0 Å². The fourth-order valence-corrected chi connectivity index (χ4v) is 7.36. The minimum absolute atomic E-state index is 0.461. The summed E-state index contributed by atoms with van der Waals surface area (Å²) in [5.74, 6) is 0.461. The summed E-state index contributed by atoms with van der Waals surface area (Å²) in [6.45, 7) is 4.51. The summed E-state index contributed by atoms with van der Waals surface area (Å²) in [6.07, 6.45) is 0.